The van der Waals surface area contributed by atoms with Crippen LogP contribution in [0.15, 0.2) is 6.07 Å². The minimum absolute atomic E-state index is 0.602. The SMILES string of the molecule is CCCCCCCCOc1cc(NN)nc(CC)n1. The second-order valence-electron chi connectivity index (χ2n) is 4.62. The Morgan fingerprint density at radius 2 is 1.84 bits per heavy atom. The molecule has 0 aliphatic rings. The van der Waals surface area contributed by atoms with Crippen molar-refractivity contribution in [3.05, 3.63) is 11.9 Å². The molecule has 1 heterocycles. The van der Waals surface area contributed by atoms with E-state index in [1.54, 1.807) is 6.07 Å². The first-order valence-corrected chi connectivity index (χ1v) is 7.27. The molecule has 1 aromatic rings. The largest absolute Gasteiger partial charge is 0.478 e. The highest BCUT2D eigenvalue weighted by Crippen LogP contribution is 2.14. The zero-order valence-electron chi connectivity index (χ0n) is 12.1. The van der Waals surface area contributed by atoms with Gasteiger partial charge in [0.25, 0.3) is 0 Å². The Hall–Kier alpha value is -1.36. The number of hydrazine groups is 1. The lowest BCUT2D eigenvalue weighted by Gasteiger charge is -2.08. The summed E-state index contributed by atoms with van der Waals surface area (Å²) in [6, 6.07) is 1.73. The number of anilines is 1. The van der Waals surface area contributed by atoms with Gasteiger partial charge in [-0.3, -0.25) is 0 Å². The van der Waals surface area contributed by atoms with Crippen LogP contribution in [0.1, 0.15) is 58.2 Å². The van der Waals surface area contributed by atoms with Crippen LogP contribution in [0, 0.1) is 0 Å². The molecule has 3 N–H and O–H groups in total. The fourth-order valence-electron chi connectivity index (χ4n) is 1.84. The molecular weight excluding hydrogens is 240 g/mol. The molecule has 1 aromatic heterocycles. The molecule has 0 atom stereocenters. The quantitative estimate of drug-likeness (QED) is 0.387. The third-order valence-electron chi connectivity index (χ3n) is 2.96. The van der Waals surface area contributed by atoms with Crippen LogP contribution in [0.25, 0.3) is 0 Å². The molecule has 0 bridgehead atoms. The summed E-state index contributed by atoms with van der Waals surface area (Å²) >= 11 is 0. The third kappa shape index (κ3) is 6.38. The van der Waals surface area contributed by atoms with Gasteiger partial charge in [-0.1, -0.05) is 46.0 Å². The van der Waals surface area contributed by atoms with Gasteiger partial charge >= 0.3 is 0 Å². The maximum atomic E-state index is 5.65. The zero-order chi connectivity index (χ0) is 13.9. The van der Waals surface area contributed by atoms with Crippen LogP contribution in [-0.4, -0.2) is 16.6 Å². The monoisotopic (exact) mass is 266 g/mol. The first-order valence-electron chi connectivity index (χ1n) is 7.27. The number of nitrogen functional groups attached to an aromatic ring is 1. The highest BCUT2D eigenvalue weighted by molar-refractivity contribution is 5.36. The molecular formula is C14H26N4O. The molecule has 0 saturated carbocycles. The summed E-state index contributed by atoms with van der Waals surface area (Å²) in [5.74, 6) is 7.32. The number of nitrogens with two attached hydrogens (primary N) is 1. The number of hydrogen-bond donors (Lipinski definition) is 2. The van der Waals surface area contributed by atoms with Gasteiger partial charge in [0, 0.05) is 12.5 Å². The van der Waals surface area contributed by atoms with Crippen molar-refractivity contribution in [3.8, 4) is 5.88 Å². The maximum Gasteiger partial charge on any atom is 0.218 e. The summed E-state index contributed by atoms with van der Waals surface area (Å²) in [4.78, 5) is 8.54. The van der Waals surface area contributed by atoms with E-state index in [-0.39, 0.29) is 0 Å². The number of unbranched alkanes of at least 4 members (excludes halogenated alkanes) is 5. The van der Waals surface area contributed by atoms with Crippen LogP contribution in [0.5, 0.6) is 5.88 Å². The van der Waals surface area contributed by atoms with Crippen molar-refractivity contribution in [2.24, 2.45) is 5.84 Å². The molecule has 0 amide bonds. The van der Waals surface area contributed by atoms with Gasteiger partial charge in [0.2, 0.25) is 5.88 Å². The van der Waals surface area contributed by atoms with E-state index in [9.17, 15) is 0 Å². The van der Waals surface area contributed by atoms with Gasteiger partial charge in [-0.2, -0.15) is 4.98 Å². The molecule has 5 heteroatoms. The molecule has 5 nitrogen and oxygen atoms in total. The van der Waals surface area contributed by atoms with Crippen molar-refractivity contribution in [1.82, 2.24) is 9.97 Å². The Balaban J connectivity index is 2.28. The summed E-state index contributed by atoms with van der Waals surface area (Å²) in [5, 5.41) is 0. The second kappa shape index (κ2) is 9.55. The van der Waals surface area contributed by atoms with Crippen molar-refractivity contribution in [2.45, 2.75) is 58.8 Å². The van der Waals surface area contributed by atoms with E-state index in [0.29, 0.717) is 18.3 Å². The van der Waals surface area contributed by atoms with E-state index in [0.717, 1.165) is 18.7 Å². The number of rotatable bonds is 10. The van der Waals surface area contributed by atoms with Crippen LogP contribution < -0.4 is 16.0 Å². The minimum atomic E-state index is 0.602. The summed E-state index contributed by atoms with van der Waals surface area (Å²) < 4.78 is 5.65. The summed E-state index contributed by atoms with van der Waals surface area (Å²) in [5.41, 5.74) is 2.54. The van der Waals surface area contributed by atoms with E-state index < -0.39 is 0 Å². The second-order valence-corrected chi connectivity index (χ2v) is 4.62. The van der Waals surface area contributed by atoms with Crippen molar-refractivity contribution in [2.75, 3.05) is 12.0 Å². The van der Waals surface area contributed by atoms with Gasteiger partial charge in [0.05, 0.1) is 6.61 Å². The Labute approximate surface area is 115 Å². The van der Waals surface area contributed by atoms with E-state index in [1.165, 1.54) is 32.1 Å². The average molecular weight is 266 g/mol. The van der Waals surface area contributed by atoms with Crippen molar-refractivity contribution in [1.29, 1.82) is 0 Å². The number of nitrogens with one attached hydrogen (secondary N) is 1. The molecule has 0 aliphatic heterocycles. The van der Waals surface area contributed by atoms with Crippen LogP contribution >= 0.6 is 0 Å². The minimum Gasteiger partial charge on any atom is -0.478 e. The topological polar surface area (TPSA) is 73.1 Å². The molecule has 1 rings (SSSR count). The van der Waals surface area contributed by atoms with E-state index >= 15 is 0 Å². The zero-order valence-corrected chi connectivity index (χ0v) is 12.1. The Bertz CT molecular complexity index is 335. The normalized spacial score (nSPS) is 10.5. The Morgan fingerprint density at radius 3 is 2.53 bits per heavy atom. The van der Waals surface area contributed by atoms with Crippen molar-refractivity contribution in [3.63, 3.8) is 0 Å². The maximum absolute atomic E-state index is 5.65. The van der Waals surface area contributed by atoms with Crippen molar-refractivity contribution < 1.29 is 4.74 Å². The van der Waals surface area contributed by atoms with E-state index in [4.69, 9.17) is 10.6 Å². The summed E-state index contributed by atoms with van der Waals surface area (Å²) in [7, 11) is 0. The fraction of sp³-hybridized carbons (Fsp3) is 0.714. The highest BCUT2D eigenvalue weighted by atomic mass is 16.5. The van der Waals surface area contributed by atoms with E-state index in [1.807, 2.05) is 6.92 Å². The Kier molecular flexibility index (Phi) is 7.89. The average Bonchev–Trinajstić information content (AvgIpc) is 2.45. The molecule has 0 radical (unpaired) electrons. The summed E-state index contributed by atoms with van der Waals surface area (Å²) in [6.07, 6.45) is 8.28. The van der Waals surface area contributed by atoms with Gasteiger partial charge in [0.1, 0.15) is 11.6 Å². The van der Waals surface area contributed by atoms with Crippen molar-refractivity contribution >= 4 is 5.82 Å². The Morgan fingerprint density at radius 1 is 1.11 bits per heavy atom. The van der Waals surface area contributed by atoms with Crippen LogP contribution in [0.3, 0.4) is 0 Å². The van der Waals surface area contributed by atoms with E-state index in [2.05, 4.69) is 22.3 Å². The predicted octanol–water partition coefficient (Wildman–Crippen LogP) is 3.06. The molecule has 0 saturated heterocycles. The molecule has 19 heavy (non-hydrogen) atoms. The first kappa shape index (κ1) is 15.7. The highest BCUT2D eigenvalue weighted by Gasteiger charge is 2.03. The van der Waals surface area contributed by atoms with Crippen LogP contribution in [-0.2, 0) is 6.42 Å². The lowest BCUT2D eigenvalue weighted by atomic mass is 10.1. The number of aromatic nitrogens is 2. The van der Waals surface area contributed by atoms with Gasteiger partial charge in [-0.25, -0.2) is 10.8 Å². The lowest BCUT2D eigenvalue weighted by molar-refractivity contribution is 0.292. The molecule has 0 aliphatic carbocycles. The summed E-state index contributed by atoms with van der Waals surface area (Å²) in [6.45, 7) is 4.94. The molecule has 108 valence electrons. The molecule has 0 fully saturated rings. The number of ether oxygens (including phenoxy) is 1. The molecule has 0 spiro atoms. The van der Waals surface area contributed by atoms with Crippen LogP contribution in [0.4, 0.5) is 5.82 Å². The number of aryl methyl sites for hydroxylation is 1. The fourth-order valence-corrected chi connectivity index (χ4v) is 1.84. The van der Waals surface area contributed by atoms with Gasteiger partial charge < -0.3 is 10.2 Å². The first-order chi connectivity index (χ1) is 9.30. The van der Waals surface area contributed by atoms with Gasteiger partial charge in [-0.05, 0) is 6.42 Å². The van der Waals surface area contributed by atoms with Gasteiger partial charge in [0.15, 0.2) is 0 Å². The number of nitrogens with zero attached hydrogens (tertiary/aromatic N) is 2. The van der Waals surface area contributed by atoms with Gasteiger partial charge in [-0.15, -0.1) is 0 Å². The lowest BCUT2D eigenvalue weighted by Crippen LogP contribution is -2.11. The van der Waals surface area contributed by atoms with Crippen LogP contribution in [0.2, 0.25) is 0 Å². The number of hydrogen-bond acceptors (Lipinski definition) is 5. The molecule has 0 aromatic carbocycles. The standard InChI is InChI=1S/C14H26N4O/c1-3-5-6-7-8-9-10-19-14-11-13(18-15)16-12(4-2)17-14/h11H,3-10,15H2,1-2H3,(H,16,17,18). The molecule has 0 unspecified atom stereocenters. The third-order valence-corrected chi connectivity index (χ3v) is 2.96. The predicted molar refractivity (Wildman–Crippen MR) is 78.1 cm³/mol. The smallest absolute Gasteiger partial charge is 0.218 e.